The highest BCUT2D eigenvalue weighted by Gasteiger charge is 2.50. The number of aryl methyl sites for hydroxylation is 1. The SMILES string of the molecule is COc1ccc([Si](C)(C)[C@@H]2[C@@H](C)[C@@H](CCc3cccc(N4CCCCC4=O)c3)O[C@H]2CCO)cc1. The topological polar surface area (TPSA) is 59.0 Å². The van der Waals surface area contributed by atoms with Crippen molar-refractivity contribution < 1.29 is 19.4 Å². The van der Waals surface area contributed by atoms with E-state index in [0.717, 1.165) is 43.7 Å². The minimum atomic E-state index is -1.87. The van der Waals surface area contributed by atoms with Gasteiger partial charge in [-0.1, -0.05) is 49.5 Å². The van der Waals surface area contributed by atoms with Crippen molar-refractivity contribution >= 4 is 24.9 Å². The predicted octanol–water partition coefficient (Wildman–Crippen LogP) is 4.92. The molecule has 35 heavy (non-hydrogen) atoms. The number of anilines is 1. The molecular formula is C29H41NO4Si. The van der Waals surface area contributed by atoms with Gasteiger partial charge in [0.2, 0.25) is 5.91 Å². The lowest BCUT2D eigenvalue weighted by Crippen LogP contribution is -2.50. The molecule has 190 valence electrons. The zero-order chi connectivity index (χ0) is 25.0. The molecule has 4 rings (SSSR count). The van der Waals surface area contributed by atoms with Crippen molar-refractivity contribution in [3.8, 4) is 5.75 Å². The van der Waals surface area contributed by atoms with Gasteiger partial charge in [0.15, 0.2) is 0 Å². The van der Waals surface area contributed by atoms with Gasteiger partial charge in [-0.25, -0.2) is 0 Å². The van der Waals surface area contributed by atoms with Crippen LogP contribution in [0.3, 0.4) is 0 Å². The first kappa shape index (κ1) is 25.9. The first-order chi connectivity index (χ1) is 16.8. The third-order valence-electron chi connectivity index (χ3n) is 8.25. The summed E-state index contributed by atoms with van der Waals surface area (Å²) in [4.78, 5) is 14.3. The molecule has 2 aliphatic heterocycles. The normalized spacial score (nSPS) is 25.2. The zero-order valence-corrected chi connectivity index (χ0v) is 22.7. The molecule has 2 heterocycles. The highest BCUT2D eigenvalue weighted by molar-refractivity contribution is 6.91. The summed E-state index contributed by atoms with van der Waals surface area (Å²) in [5.41, 5.74) is 2.72. The van der Waals surface area contributed by atoms with Crippen LogP contribution in [-0.4, -0.2) is 51.6 Å². The second-order valence-corrected chi connectivity index (χ2v) is 15.5. The van der Waals surface area contributed by atoms with E-state index in [2.05, 4.69) is 68.5 Å². The van der Waals surface area contributed by atoms with Crippen LogP contribution in [0.15, 0.2) is 48.5 Å². The zero-order valence-electron chi connectivity index (χ0n) is 21.7. The summed E-state index contributed by atoms with van der Waals surface area (Å²) in [5, 5.41) is 11.2. The predicted molar refractivity (Wildman–Crippen MR) is 144 cm³/mol. The molecule has 0 spiro atoms. The monoisotopic (exact) mass is 495 g/mol. The Hall–Kier alpha value is -2.15. The van der Waals surface area contributed by atoms with E-state index in [1.54, 1.807) is 7.11 Å². The van der Waals surface area contributed by atoms with E-state index >= 15 is 0 Å². The Balaban J connectivity index is 1.47. The molecule has 1 amide bonds. The molecule has 0 radical (unpaired) electrons. The lowest BCUT2D eigenvalue weighted by molar-refractivity contribution is -0.119. The van der Waals surface area contributed by atoms with Crippen LogP contribution >= 0.6 is 0 Å². The van der Waals surface area contributed by atoms with Crippen LogP contribution in [0.4, 0.5) is 5.69 Å². The maximum atomic E-state index is 12.4. The summed E-state index contributed by atoms with van der Waals surface area (Å²) in [6.45, 7) is 8.18. The van der Waals surface area contributed by atoms with Crippen LogP contribution in [0.5, 0.6) is 5.75 Å². The van der Waals surface area contributed by atoms with Gasteiger partial charge in [0.1, 0.15) is 5.75 Å². The van der Waals surface area contributed by atoms with E-state index in [9.17, 15) is 9.90 Å². The lowest BCUT2D eigenvalue weighted by Gasteiger charge is -2.36. The number of hydrogen-bond acceptors (Lipinski definition) is 4. The summed E-state index contributed by atoms with van der Waals surface area (Å²) < 4.78 is 12.0. The highest BCUT2D eigenvalue weighted by Crippen LogP contribution is 2.46. The van der Waals surface area contributed by atoms with Crippen molar-refractivity contribution in [2.45, 2.75) is 76.3 Å². The molecule has 0 unspecified atom stereocenters. The summed E-state index contributed by atoms with van der Waals surface area (Å²) in [6, 6.07) is 17.0. The minimum Gasteiger partial charge on any atom is -0.497 e. The minimum absolute atomic E-state index is 0.0843. The average Bonchev–Trinajstić information content (AvgIpc) is 3.19. The van der Waals surface area contributed by atoms with Crippen LogP contribution in [0.25, 0.3) is 0 Å². The van der Waals surface area contributed by atoms with Crippen molar-refractivity contribution in [3.63, 3.8) is 0 Å². The van der Waals surface area contributed by atoms with E-state index in [0.29, 0.717) is 24.3 Å². The summed E-state index contributed by atoms with van der Waals surface area (Å²) in [7, 11) is -0.170. The quantitative estimate of drug-likeness (QED) is 0.502. The number of piperidine rings is 1. The van der Waals surface area contributed by atoms with Crippen LogP contribution < -0.4 is 14.8 Å². The molecule has 2 aliphatic rings. The summed E-state index contributed by atoms with van der Waals surface area (Å²) in [5.74, 6) is 1.54. The van der Waals surface area contributed by atoms with Gasteiger partial charge in [0.05, 0.1) is 27.4 Å². The molecule has 2 fully saturated rings. The largest absolute Gasteiger partial charge is 0.497 e. The number of hydrogen-bond donors (Lipinski definition) is 1. The van der Waals surface area contributed by atoms with E-state index < -0.39 is 8.07 Å². The Bertz CT molecular complexity index is 992. The van der Waals surface area contributed by atoms with Gasteiger partial charge >= 0.3 is 0 Å². The number of amides is 1. The fourth-order valence-electron chi connectivity index (χ4n) is 6.31. The number of carbonyl (C=O) groups is 1. The molecule has 5 nitrogen and oxygen atoms in total. The van der Waals surface area contributed by atoms with Gasteiger partial charge in [-0.3, -0.25) is 4.79 Å². The van der Waals surface area contributed by atoms with Crippen LogP contribution in [0, 0.1) is 5.92 Å². The van der Waals surface area contributed by atoms with Gasteiger partial charge in [-0.05, 0) is 73.4 Å². The molecular weight excluding hydrogens is 454 g/mol. The number of nitrogens with zero attached hydrogens (tertiary/aromatic N) is 1. The third kappa shape index (κ3) is 5.65. The molecule has 6 heteroatoms. The first-order valence-electron chi connectivity index (χ1n) is 13.1. The molecule has 0 bridgehead atoms. The molecule has 2 aromatic rings. The fourth-order valence-corrected chi connectivity index (χ4v) is 10.4. The Morgan fingerprint density at radius 1 is 1.09 bits per heavy atom. The van der Waals surface area contributed by atoms with Crippen LogP contribution in [0.2, 0.25) is 18.6 Å². The van der Waals surface area contributed by atoms with Crippen LogP contribution in [0.1, 0.15) is 44.6 Å². The molecule has 0 aromatic heterocycles. The fraction of sp³-hybridized carbons (Fsp3) is 0.552. The number of aliphatic hydroxyl groups excluding tert-OH is 1. The molecule has 0 saturated carbocycles. The highest BCUT2D eigenvalue weighted by atomic mass is 28.3. The smallest absolute Gasteiger partial charge is 0.226 e. The second kappa shape index (κ2) is 11.3. The molecule has 4 atom stereocenters. The average molecular weight is 496 g/mol. The summed E-state index contributed by atoms with van der Waals surface area (Å²) >= 11 is 0. The summed E-state index contributed by atoms with van der Waals surface area (Å²) in [6.07, 6.45) is 5.54. The van der Waals surface area contributed by atoms with E-state index in [1.165, 1.54) is 10.8 Å². The molecule has 2 aromatic carbocycles. The first-order valence-corrected chi connectivity index (χ1v) is 16.2. The molecule has 0 aliphatic carbocycles. The van der Waals surface area contributed by atoms with Crippen LogP contribution in [-0.2, 0) is 16.0 Å². The van der Waals surface area contributed by atoms with Gasteiger partial charge in [0, 0.05) is 25.3 Å². The number of ether oxygens (including phenoxy) is 2. The third-order valence-corrected chi connectivity index (χ3v) is 12.6. The number of carbonyl (C=O) groups excluding carboxylic acids is 1. The van der Waals surface area contributed by atoms with Crippen molar-refractivity contribution in [2.24, 2.45) is 5.92 Å². The number of methoxy groups -OCH3 is 1. The van der Waals surface area contributed by atoms with Gasteiger partial charge in [-0.15, -0.1) is 0 Å². The van der Waals surface area contributed by atoms with Crippen molar-refractivity contribution in [1.82, 2.24) is 0 Å². The van der Waals surface area contributed by atoms with Gasteiger partial charge in [-0.2, -0.15) is 0 Å². The standard InChI is InChI=1S/C29H41NO4Si/c1-21-26(16-11-22-8-7-9-23(20-22)30-18-6-5-10-28(30)32)34-27(17-19-31)29(21)35(3,4)25-14-12-24(33-2)13-15-25/h7-9,12-15,20-21,26-27,29,31H,5-6,10-11,16-19H2,1-4H3/t21-,26+,27-,29+/m0/s1. The maximum Gasteiger partial charge on any atom is 0.226 e. The number of rotatable bonds is 9. The maximum absolute atomic E-state index is 12.4. The Labute approximate surface area is 211 Å². The van der Waals surface area contributed by atoms with E-state index in [-0.39, 0.29) is 24.7 Å². The van der Waals surface area contributed by atoms with Crippen molar-refractivity contribution in [3.05, 3.63) is 54.1 Å². The number of benzene rings is 2. The molecule has 2 saturated heterocycles. The molecule has 1 N–H and O–H groups in total. The van der Waals surface area contributed by atoms with Crippen molar-refractivity contribution in [2.75, 3.05) is 25.2 Å². The van der Waals surface area contributed by atoms with E-state index in [1.807, 2.05) is 4.90 Å². The van der Waals surface area contributed by atoms with Gasteiger partial charge < -0.3 is 19.5 Å². The van der Waals surface area contributed by atoms with Gasteiger partial charge in [0.25, 0.3) is 0 Å². The lowest BCUT2D eigenvalue weighted by atomic mass is 9.95. The van der Waals surface area contributed by atoms with Crippen molar-refractivity contribution in [1.29, 1.82) is 0 Å². The Kier molecular flexibility index (Phi) is 8.35. The number of aliphatic hydroxyl groups is 1. The Morgan fingerprint density at radius 3 is 2.54 bits per heavy atom. The van der Waals surface area contributed by atoms with E-state index in [4.69, 9.17) is 9.47 Å². The Morgan fingerprint density at radius 2 is 1.86 bits per heavy atom. The second-order valence-electron chi connectivity index (χ2n) is 10.8.